The molecule has 7 heteroatoms. The Morgan fingerprint density at radius 1 is 1.50 bits per heavy atom. The summed E-state index contributed by atoms with van der Waals surface area (Å²) in [7, 11) is 1.80. The summed E-state index contributed by atoms with van der Waals surface area (Å²) in [6.45, 7) is 1.80. The molecule has 76 valence electrons. The summed E-state index contributed by atoms with van der Waals surface area (Å²) >= 11 is 4.24. The number of hydrogen-bond donors (Lipinski definition) is 1. The van der Waals surface area contributed by atoms with E-state index in [-0.39, 0.29) is 5.56 Å². The van der Waals surface area contributed by atoms with E-state index in [0.29, 0.717) is 11.2 Å². The molecule has 1 N–H and O–H groups in total. The maximum Gasteiger partial charge on any atom is 0.298 e. The molecule has 0 spiro atoms. The summed E-state index contributed by atoms with van der Waals surface area (Å²) < 4.78 is 1.71. The number of imidazole rings is 1. The fourth-order valence-electron chi connectivity index (χ4n) is 1.14. The van der Waals surface area contributed by atoms with E-state index in [1.54, 1.807) is 18.5 Å². The van der Waals surface area contributed by atoms with E-state index in [2.05, 4.69) is 52.2 Å². The van der Waals surface area contributed by atoms with Crippen LogP contribution in [0, 0.1) is 6.92 Å². The van der Waals surface area contributed by atoms with Crippen LogP contribution in [0.5, 0.6) is 0 Å². The van der Waals surface area contributed by atoms with Crippen molar-refractivity contribution in [2.75, 3.05) is 0 Å². The normalized spacial score (nSPS) is 9.71. The molecule has 2 aromatic heterocycles. The van der Waals surface area contributed by atoms with Crippen LogP contribution in [0.2, 0.25) is 0 Å². The molecule has 0 aliphatic heterocycles. The molecule has 0 fully saturated rings. The summed E-state index contributed by atoms with van der Waals surface area (Å²) in [6.07, 6.45) is 1.46. The third-order valence-electron chi connectivity index (χ3n) is 1.70. The van der Waals surface area contributed by atoms with Gasteiger partial charge in [-0.2, -0.15) is 4.98 Å². The molecular formula is C7H8I2N4O. The van der Waals surface area contributed by atoms with Crippen molar-refractivity contribution in [2.24, 2.45) is 7.05 Å². The molecule has 2 heterocycles. The first kappa shape index (κ1) is 11.9. The first-order valence-corrected chi connectivity index (χ1v) is 9.99. The molecule has 0 aliphatic rings. The van der Waals surface area contributed by atoms with Gasteiger partial charge in [0.2, 0.25) is 0 Å². The second-order valence-corrected chi connectivity index (χ2v) is 2.68. The zero-order valence-electron chi connectivity index (χ0n) is 7.58. The van der Waals surface area contributed by atoms with Crippen molar-refractivity contribution in [2.45, 2.75) is 6.92 Å². The number of rotatable bonds is 0. The molecule has 0 aromatic carbocycles. The topological polar surface area (TPSA) is 63.6 Å². The van der Waals surface area contributed by atoms with Crippen molar-refractivity contribution in [3.63, 3.8) is 0 Å². The van der Waals surface area contributed by atoms with Gasteiger partial charge in [0, 0.05) is 44.3 Å². The van der Waals surface area contributed by atoms with Crippen LogP contribution in [0.1, 0.15) is 5.82 Å². The summed E-state index contributed by atoms with van der Waals surface area (Å²) in [5, 5.41) is 0. The quantitative estimate of drug-likeness (QED) is 0.664. The van der Waals surface area contributed by atoms with Gasteiger partial charge in [0.15, 0.2) is 11.2 Å². The molecule has 14 heavy (non-hydrogen) atoms. The van der Waals surface area contributed by atoms with E-state index in [1.165, 1.54) is 6.33 Å². The molecule has 5 nitrogen and oxygen atoms in total. The monoisotopic (exact) mass is 418 g/mol. The van der Waals surface area contributed by atoms with Crippen LogP contribution in [-0.2, 0) is 7.05 Å². The second-order valence-electron chi connectivity index (χ2n) is 2.68. The number of H-pyrrole nitrogens is 1. The van der Waals surface area contributed by atoms with E-state index >= 15 is 0 Å². The second kappa shape index (κ2) is 5.05. The summed E-state index contributed by atoms with van der Waals surface area (Å²) in [5.74, 6) is 0.728. The van der Waals surface area contributed by atoms with Crippen LogP contribution in [0.3, 0.4) is 0 Å². The number of aryl methyl sites for hydroxylation is 2. The molecular weight excluding hydrogens is 410 g/mol. The average molecular weight is 418 g/mol. The molecule has 0 unspecified atom stereocenters. The van der Waals surface area contributed by atoms with Gasteiger partial charge in [-0.25, -0.2) is 4.98 Å². The maximum absolute atomic E-state index is 11.1. The molecule has 2 rings (SSSR count). The summed E-state index contributed by atoms with van der Waals surface area (Å²) in [5.41, 5.74) is 0.855. The van der Waals surface area contributed by atoms with Crippen LogP contribution in [-0.4, -0.2) is 19.5 Å². The molecule has 2 aromatic rings. The minimum atomic E-state index is -0.260. The Bertz CT molecular complexity index is 490. The smallest absolute Gasteiger partial charge is 0.298 e. The Morgan fingerprint density at radius 2 is 2.14 bits per heavy atom. The number of nitrogens with zero attached hydrogens (tertiary/aromatic N) is 3. The Labute approximate surface area is 104 Å². The number of fused-ring (bicyclic) bond motifs is 1. The molecule has 0 saturated heterocycles. The van der Waals surface area contributed by atoms with Gasteiger partial charge in [-0.15, -0.1) is 0 Å². The SMILES string of the molecule is Cc1nc2c([nH]1)c(=O)ncn2C.II. The van der Waals surface area contributed by atoms with Gasteiger partial charge in [0.05, 0.1) is 0 Å². The third-order valence-corrected chi connectivity index (χ3v) is 1.70. The van der Waals surface area contributed by atoms with Crippen LogP contribution < -0.4 is 5.56 Å². The van der Waals surface area contributed by atoms with Gasteiger partial charge in [0.25, 0.3) is 5.56 Å². The zero-order valence-corrected chi connectivity index (χ0v) is 11.9. The van der Waals surface area contributed by atoms with Crippen LogP contribution >= 0.6 is 37.2 Å². The van der Waals surface area contributed by atoms with Crippen molar-refractivity contribution >= 4 is 48.4 Å². The van der Waals surface area contributed by atoms with Gasteiger partial charge in [-0.1, -0.05) is 0 Å². The Hall–Kier alpha value is -0.190. The highest BCUT2D eigenvalue weighted by Crippen LogP contribution is 2.02. The summed E-state index contributed by atoms with van der Waals surface area (Å²) in [6, 6.07) is 0. The van der Waals surface area contributed by atoms with Gasteiger partial charge in [-0.3, -0.25) is 4.79 Å². The van der Waals surface area contributed by atoms with Crippen molar-refractivity contribution in [3.05, 3.63) is 22.5 Å². The molecule has 0 aliphatic carbocycles. The first-order chi connectivity index (χ1) is 6.68. The van der Waals surface area contributed by atoms with E-state index in [1.807, 2.05) is 0 Å². The standard InChI is InChI=1S/C7H8N4O.I2/c1-4-9-5-6(10-4)11(2)3-8-7(5)12;1-2/h3H,1-2H3,(H,9,10);. The zero-order chi connectivity index (χ0) is 10.7. The number of aromatic nitrogens is 4. The van der Waals surface area contributed by atoms with Crippen LogP contribution in [0.4, 0.5) is 0 Å². The third kappa shape index (κ3) is 2.24. The molecule has 0 amide bonds. The van der Waals surface area contributed by atoms with Crippen molar-refractivity contribution in [3.8, 4) is 0 Å². The number of hydrogen-bond acceptors (Lipinski definition) is 3. The maximum atomic E-state index is 11.1. The number of halogens is 2. The number of aromatic amines is 1. The van der Waals surface area contributed by atoms with Gasteiger partial charge in [0.1, 0.15) is 12.2 Å². The average Bonchev–Trinajstić information content (AvgIpc) is 2.58. The lowest BCUT2D eigenvalue weighted by molar-refractivity contribution is 0.887. The summed E-state index contributed by atoms with van der Waals surface area (Å²) in [4.78, 5) is 21.8. The highest BCUT2D eigenvalue weighted by molar-refractivity contribution is 15.0. The minimum Gasteiger partial charge on any atom is -0.336 e. The Morgan fingerprint density at radius 3 is 2.71 bits per heavy atom. The highest BCUT2D eigenvalue weighted by Gasteiger charge is 2.04. The predicted molar refractivity (Wildman–Crippen MR) is 71.9 cm³/mol. The Kier molecular flexibility index (Phi) is 4.29. The molecule has 0 atom stereocenters. The van der Waals surface area contributed by atoms with Crippen molar-refractivity contribution in [1.82, 2.24) is 19.5 Å². The first-order valence-electron chi connectivity index (χ1n) is 3.71. The number of nitrogens with one attached hydrogen (secondary N) is 1. The van der Waals surface area contributed by atoms with Crippen LogP contribution in [0.15, 0.2) is 11.1 Å². The van der Waals surface area contributed by atoms with Gasteiger partial charge >= 0.3 is 0 Å². The lowest BCUT2D eigenvalue weighted by atomic mass is 10.5. The largest absolute Gasteiger partial charge is 0.336 e. The molecule has 0 radical (unpaired) electrons. The van der Waals surface area contributed by atoms with E-state index in [0.717, 1.165) is 5.82 Å². The fourth-order valence-corrected chi connectivity index (χ4v) is 1.14. The van der Waals surface area contributed by atoms with E-state index in [4.69, 9.17) is 0 Å². The van der Waals surface area contributed by atoms with Gasteiger partial charge in [-0.05, 0) is 6.92 Å². The van der Waals surface area contributed by atoms with Crippen molar-refractivity contribution < 1.29 is 0 Å². The van der Waals surface area contributed by atoms with Crippen LogP contribution in [0.25, 0.3) is 11.2 Å². The van der Waals surface area contributed by atoms with E-state index in [9.17, 15) is 4.79 Å². The highest BCUT2D eigenvalue weighted by atomic mass is 128. The van der Waals surface area contributed by atoms with E-state index < -0.39 is 0 Å². The lowest BCUT2D eigenvalue weighted by Crippen LogP contribution is -2.09. The predicted octanol–water partition coefficient (Wildman–Crippen LogP) is 1.74. The fraction of sp³-hybridized carbons (Fsp3) is 0.286. The minimum absolute atomic E-state index is 0.260. The molecule has 0 bridgehead atoms. The molecule has 0 saturated carbocycles. The Balaban J connectivity index is 0.000000461. The lowest BCUT2D eigenvalue weighted by Gasteiger charge is -1.94. The van der Waals surface area contributed by atoms with Gasteiger partial charge < -0.3 is 9.55 Å². The van der Waals surface area contributed by atoms with Crippen molar-refractivity contribution in [1.29, 1.82) is 0 Å².